The molecule has 0 radical (unpaired) electrons. The first-order chi connectivity index (χ1) is 9.11. The number of methoxy groups -OCH3 is 1. The highest BCUT2D eigenvalue weighted by Gasteiger charge is 2.31. The van der Waals surface area contributed by atoms with Gasteiger partial charge in [0.05, 0.1) is 11.7 Å². The minimum atomic E-state index is -0.0782. The third-order valence-corrected chi connectivity index (χ3v) is 3.55. The zero-order valence-corrected chi connectivity index (χ0v) is 11.8. The van der Waals surface area contributed by atoms with Crippen molar-refractivity contribution in [2.75, 3.05) is 13.7 Å². The number of carbonyl (C=O) groups excluding carboxylic acids is 1. The summed E-state index contributed by atoms with van der Waals surface area (Å²) in [6.07, 6.45) is 4.20. The zero-order chi connectivity index (χ0) is 13.8. The first-order valence-corrected chi connectivity index (χ1v) is 6.88. The molecule has 1 heterocycles. The summed E-state index contributed by atoms with van der Waals surface area (Å²) in [5.74, 6) is 0.919. The average molecular weight is 262 g/mol. The first kappa shape index (κ1) is 14.0. The second-order valence-corrected chi connectivity index (χ2v) is 5.45. The lowest BCUT2D eigenvalue weighted by Crippen LogP contribution is -2.34. The van der Waals surface area contributed by atoms with Gasteiger partial charge < -0.3 is 10.1 Å². The van der Waals surface area contributed by atoms with E-state index in [2.05, 4.69) is 24.1 Å². The molecule has 1 aliphatic rings. The van der Waals surface area contributed by atoms with Crippen LogP contribution in [0.5, 0.6) is 0 Å². The second-order valence-electron chi connectivity index (χ2n) is 5.45. The fraction of sp³-hybridized carbons (Fsp3) is 0.600. The third-order valence-electron chi connectivity index (χ3n) is 3.55. The lowest BCUT2D eigenvalue weighted by Gasteiger charge is -2.15. The van der Waals surface area contributed by atoms with Crippen LogP contribution in [0.2, 0.25) is 0 Å². The summed E-state index contributed by atoms with van der Waals surface area (Å²) < 4.78 is 5.38. The lowest BCUT2D eigenvalue weighted by atomic mass is 10.1. The van der Waals surface area contributed by atoms with Crippen LogP contribution in [0.15, 0.2) is 18.3 Å². The Hall–Kier alpha value is -1.42. The number of nitrogens with one attached hydrogen (secondary N) is 1. The molecule has 1 N–H and O–H groups in total. The van der Waals surface area contributed by atoms with Crippen LogP contribution in [0.25, 0.3) is 0 Å². The van der Waals surface area contributed by atoms with Crippen LogP contribution in [-0.2, 0) is 4.74 Å². The van der Waals surface area contributed by atoms with E-state index >= 15 is 0 Å². The van der Waals surface area contributed by atoms with E-state index in [0.717, 1.165) is 5.69 Å². The van der Waals surface area contributed by atoms with Crippen LogP contribution in [0.3, 0.4) is 0 Å². The van der Waals surface area contributed by atoms with Crippen LogP contribution >= 0.6 is 0 Å². The molecule has 1 aromatic rings. The van der Waals surface area contributed by atoms with Crippen molar-refractivity contribution in [1.29, 1.82) is 0 Å². The van der Waals surface area contributed by atoms with Crippen molar-refractivity contribution < 1.29 is 9.53 Å². The van der Waals surface area contributed by atoms with Gasteiger partial charge in [0.25, 0.3) is 5.91 Å². The summed E-state index contributed by atoms with van der Waals surface area (Å²) in [5.41, 5.74) is 1.61. The summed E-state index contributed by atoms with van der Waals surface area (Å²) in [7, 11) is 1.70. The molecule has 0 aromatic carbocycles. The maximum absolute atomic E-state index is 12.0. The Morgan fingerprint density at radius 1 is 1.47 bits per heavy atom. The van der Waals surface area contributed by atoms with E-state index < -0.39 is 0 Å². The molecule has 104 valence electrons. The number of nitrogens with zero attached hydrogens (tertiary/aromatic N) is 1. The van der Waals surface area contributed by atoms with Crippen LogP contribution in [0, 0.1) is 5.92 Å². The van der Waals surface area contributed by atoms with E-state index in [9.17, 15) is 4.79 Å². The summed E-state index contributed by atoms with van der Waals surface area (Å²) in [6.45, 7) is 4.74. The van der Waals surface area contributed by atoms with Crippen molar-refractivity contribution in [1.82, 2.24) is 10.3 Å². The Balaban J connectivity index is 1.88. The third kappa shape index (κ3) is 3.77. The number of hydrogen-bond donors (Lipinski definition) is 1. The van der Waals surface area contributed by atoms with E-state index in [-0.39, 0.29) is 12.0 Å². The van der Waals surface area contributed by atoms with Crippen molar-refractivity contribution >= 4 is 5.91 Å². The predicted molar refractivity (Wildman–Crippen MR) is 74.2 cm³/mol. The molecule has 0 bridgehead atoms. The van der Waals surface area contributed by atoms with Crippen molar-refractivity contribution in [2.45, 2.75) is 38.7 Å². The quantitative estimate of drug-likeness (QED) is 0.856. The van der Waals surface area contributed by atoms with Gasteiger partial charge in [0.15, 0.2) is 0 Å². The first-order valence-electron chi connectivity index (χ1n) is 6.88. The highest BCUT2D eigenvalue weighted by Crippen LogP contribution is 2.33. The Labute approximate surface area is 114 Å². The van der Waals surface area contributed by atoms with Gasteiger partial charge in [-0.2, -0.15) is 0 Å². The van der Waals surface area contributed by atoms with Crippen molar-refractivity contribution in [3.8, 4) is 0 Å². The average Bonchev–Trinajstić information content (AvgIpc) is 3.24. The molecule has 1 aliphatic carbocycles. The van der Waals surface area contributed by atoms with Crippen molar-refractivity contribution in [3.05, 3.63) is 29.6 Å². The van der Waals surface area contributed by atoms with Gasteiger partial charge in [-0.05, 0) is 36.8 Å². The molecule has 4 nitrogen and oxygen atoms in total. The summed E-state index contributed by atoms with van der Waals surface area (Å²) >= 11 is 0. The lowest BCUT2D eigenvalue weighted by molar-refractivity contribution is 0.0741. The molecular weight excluding hydrogens is 240 g/mol. The smallest absolute Gasteiger partial charge is 0.252 e. The van der Waals surface area contributed by atoms with Gasteiger partial charge in [0.2, 0.25) is 0 Å². The van der Waals surface area contributed by atoms with Crippen LogP contribution in [0.4, 0.5) is 0 Å². The molecular formula is C15H22N2O2. The van der Waals surface area contributed by atoms with E-state index in [1.54, 1.807) is 13.3 Å². The summed E-state index contributed by atoms with van der Waals surface area (Å²) in [5, 5.41) is 2.92. The van der Waals surface area contributed by atoms with Crippen LogP contribution in [0.1, 0.15) is 48.7 Å². The van der Waals surface area contributed by atoms with Gasteiger partial charge in [0, 0.05) is 25.5 Å². The maximum Gasteiger partial charge on any atom is 0.252 e. The number of pyridine rings is 1. The minimum absolute atomic E-state index is 0.0782. The fourth-order valence-electron chi connectivity index (χ4n) is 2.09. The van der Waals surface area contributed by atoms with E-state index in [1.165, 1.54) is 12.8 Å². The zero-order valence-electron chi connectivity index (χ0n) is 11.8. The van der Waals surface area contributed by atoms with Crippen LogP contribution in [-0.4, -0.2) is 30.6 Å². The van der Waals surface area contributed by atoms with E-state index in [1.807, 2.05) is 12.1 Å². The highest BCUT2D eigenvalue weighted by molar-refractivity contribution is 5.93. The number of hydrogen-bond acceptors (Lipinski definition) is 3. The van der Waals surface area contributed by atoms with E-state index in [0.29, 0.717) is 23.9 Å². The predicted octanol–water partition coefficient (Wildman–Crippen LogP) is 2.36. The molecule has 0 spiro atoms. The highest BCUT2D eigenvalue weighted by atomic mass is 16.5. The number of aromatic nitrogens is 1. The summed E-state index contributed by atoms with van der Waals surface area (Å²) in [4.78, 5) is 16.3. The molecule has 1 aromatic heterocycles. The van der Waals surface area contributed by atoms with E-state index in [4.69, 9.17) is 4.74 Å². The number of ether oxygens (including phenoxy) is 1. The Bertz CT molecular complexity index is 424. The summed E-state index contributed by atoms with van der Waals surface area (Å²) in [6, 6.07) is 3.74. The molecule has 2 rings (SSSR count). The Morgan fingerprint density at radius 3 is 2.68 bits per heavy atom. The van der Waals surface area contributed by atoms with Gasteiger partial charge >= 0.3 is 0 Å². The van der Waals surface area contributed by atoms with Crippen molar-refractivity contribution in [3.63, 3.8) is 0 Å². The molecule has 0 aliphatic heterocycles. The number of carbonyl (C=O) groups is 1. The molecule has 0 saturated heterocycles. The Kier molecular flexibility index (Phi) is 4.53. The molecule has 1 amide bonds. The second kappa shape index (κ2) is 6.15. The van der Waals surface area contributed by atoms with Gasteiger partial charge in [0.1, 0.15) is 0 Å². The van der Waals surface area contributed by atoms with Crippen LogP contribution < -0.4 is 5.32 Å². The topological polar surface area (TPSA) is 51.2 Å². The van der Waals surface area contributed by atoms with Gasteiger partial charge in [-0.1, -0.05) is 13.8 Å². The molecule has 19 heavy (non-hydrogen) atoms. The maximum atomic E-state index is 12.0. The van der Waals surface area contributed by atoms with Gasteiger partial charge in [-0.3, -0.25) is 9.78 Å². The van der Waals surface area contributed by atoms with Gasteiger partial charge in [-0.15, -0.1) is 0 Å². The molecule has 1 saturated carbocycles. The van der Waals surface area contributed by atoms with Gasteiger partial charge in [-0.25, -0.2) is 0 Å². The molecule has 0 unspecified atom stereocenters. The number of rotatable bonds is 6. The normalized spacial score (nSPS) is 16.4. The van der Waals surface area contributed by atoms with Crippen molar-refractivity contribution in [2.24, 2.45) is 5.92 Å². The molecule has 4 heteroatoms. The number of amides is 1. The minimum Gasteiger partial charge on any atom is -0.379 e. The Morgan fingerprint density at radius 2 is 2.21 bits per heavy atom. The molecule has 1 fully saturated rings. The SMILES string of the molecule is CO[C@@H](CNC(=O)c1ccc(C(C)C)nc1)C1CC1. The monoisotopic (exact) mass is 262 g/mol. The largest absolute Gasteiger partial charge is 0.379 e. The standard InChI is InChI=1S/C15H22N2O2/c1-10(2)13-7-6-12(8-16-13)15(18)17-9-14(19-3)11-4-5-11/h6-8,10-11,14H,4-5,9H2,1-3H3,(H,17,18)/t14-/m0/s1. The molecule has 1 atom stereocenters. The fourth-order valence-corrected chi connectivity index (χ4v) is 2.09.